The molecule has 0 saturated heterocycles. The van der Waals surface area contributed by atoms with Gasteiger partial charge in [-0.2, -0.15) is 5.10 Å². The van der Waals surface area contributed by atoms with Gasteiger partial charge >= 0.3 is 0 Å². The lowest BCUT2D eigenvalue weighted by molar-refractivity contribution is 0.638. The van der Waals surface area contributed by atoms with Crippen LogP contribution in [0.15, 0.2) is 36.7 Å². The normalized spacial score (nSPS) is 10.9. The fraction of sp³-hybridized carbons (Fsp3) is 0.231. The van der Waals surface area contributed by atoms with Crippen molar-refractivity contribution in [3.8, 4) is 0 Å². The molecule has 0 aliphatic heterocycles. The molecule has 4 nitrogen and oxygen atoms in total. The largest absolute Gasteiger partial charge is 0.360 e. The number of aromatic nitrogens is 3. The molecule has 0 aliphatic rings. The molecule has 0 aliphatic carbocycles. The zero-order valence-electron chi connectivity index (χ0n) is 10.1. The van der Waals surface area contributed by atoms with Crippen molar-refractivity contribution in [3.63, 3.8) is 0 Å². The van der Waals surface area contributed by atoms with E-state index in [1.165, 1.54) is 10.3 Å². The highest BCUT2D eigenvalue weighted by Gasteiger charge is 2.03. The standard InChI is InChI=1S/C13H14N4S/c1-10-3-4-12-11(9-10)16-13(18-12)14-6-8-17-7-2-5-15-17/h2-5,7,9H,6,8H2,1H3,(H,14,16). The Hall–Kier alpha value is -1.88. The van der Waals surface area contributed by atoms with Crippen LogP contribution in [-0.4, -0.2) is 21.3 Å². The van der Waals surface area contributed by atoms with E-state index in [-0.39, 0.29) is 0 Å². The number of fused-ring (bicyclic) bond motifs is 1. The first-order valence-corrected chi connectivity index (χ1v) is 6.71. The number of hydrogen-bond acceptors (Lipinski definition) is 4. The number of anilines is 1. The molecule has 18 heavy (non-hydrogen) atoms. The Bertz CT molecular complexity index is 642. The lowest BCUT2D eigenvalue weighted by Gasteiger charge is -2.02. The van der Waals surface area contributed by atoms with Crippen LogP contribution in [0.1, 0.15) is 5.56 Å². The van der Waals surface area contributed by atoms with Gasteiger partial charge in [-0.25, -0.2) is 4.98 Å². The molecule has 0 spiro atoms. The molecule has 2 heterocycles. The topological polar surface area (TPSA) is 42.7 Å². The van der Waals surface area contributed by atoms with E-state index in [9.17, 15) is 0 Å². The summed E-state index contributed by atoms with van der Waals surface area (Å²) in [6.07, 6.45) is 3.75. The minimum atomic E-state index is 0.834. The Morgan fingerprint density at radius 1 is 1.39 bits per heavy atom. The van der Waals surface area contributed by atoms with Crippen molar-refractivity contribution in [2.45, 2.75) is 13.5 Å². The summed E-state index contributed by atoms with van der Waals surface area (Å²) >= 11 is 1.69. The molecule has 1 N–H and O–H groups in total. The van der Waals surface area contributed by atoms with Crippen LogP contribution in [0.4, 0.5) is 5.13 Å². The Kier molecular flexibility index (Phi) is 2.98. The smallest absolute Gasteiger partial charge is 0.183 e. The van der Waals surface area contributed by atoms with Crippen LogP contribution in [-0.2, 0) is 6.54 Å². The van der Waals surface area contributed by atoms with Gasteiger partial charge in [0.15, 0.2) is 5.13 Å². The van der Waals surface area contributed by atoms with Crippen molar-refractivity contribution in [3.05, 3.63) is 42.2 Å². The molecule has 92 valence electrons. The summed E-state index contributed by atoms with van der Waals surface area (Å²) in [5, 5.41) is 8.47. The predicted molar refractivity (Wildman–Crippen MR) is 75.1 cm³/mol. The Morgan fingerprint density at radius 2 is 2.33 bits per heavy atom. The molecule has 3 aromatic rings. The predicted octanol–water partition coefficient (Wildman–Crippen LogP) is 2.91. The fourth-order valence-electron chi connectivity index (χ4n) is 1.82. The molecule has 0 atom stereocenters. The Balaban J connectivity index is 1.67. The maximum atomic E-state index is 4.57. The van der Waals surface area contributed by atoms with E-state index in [4.69, 9.17) is 0 Å². The molecule has 0 fully saturated rings. The fourth-order valence-corrected chi connectivity index (χ4v) is 2.69. The van der Waals surface area contributed by atoms with E-state index in [0.29, 0.717) is 0 Å². The van der Waals surface area contributed by atoms with Gasteiger partial charge < -0.3 is 5.32 Å². The van der Waals surface area contributed by atoms with Crippen molar-refractivity contribution in [1.82, 2.24) is 14.8 Å². The summed E-state index contributed by atoms with van der Waals surface area (Å²) in [7, 11) is 0. The average Bonchev–Trinajstić information content (AvgIpc) is 2.97. The number of rotatable bonds is 4. The number of benzene rings is 1. The third-order valence-corrected chi connectivity index (χ3v) is 3.71. The van der Waals surface area contributed by atoms with Gasteiger partial charge in [-0.3, -0.25) is 4.68 Å². The summed E-state index contributed by atoms with van der Waals surface area (Å²) in [4.78, 5) is 4.57. The first-order chi connectivity index (χ1) is 8.81. The minimum absolute atomic E-state index is 0.834. The molecule has 2 aromatic heterocycles. The number of nitrogens with one attached hydrogen (secondary N) is 1. The van der Waals surface area contributed by atoms with Crippen LogP contribution in [0.2, 0.25) is 0 Å². The second kappa shape index (κ2) is 4.78. The monoisotopic (exact) mass is 258 g/mol. The molecular formula is C13H14N4S. The van der Waals surface area contributed by atoms with Crippen LogP contribution < -0.4 is 5.32 Å². The van der Waals surface area contributed by atoms with Crippen molar-refractivity contribution in [2.24, 2.45) is 0 Å². The number of thiazole rings is 1. The van der Waals surface area contributed by atoms with Gasteiger partial charge in [0.05, 0.1) is 16.8 Å². The summed E-state index contributed by atoms with van der Waals surface area (Å²) in [5.41, 5.74) is 2.32. The zero-order valence-corrected chi connectivity index (χ0v) is 10.9. The highest BCUT2D eigenvalue weighted by atomic mass is 32.1. The quantitative estimate of drug-likeness (QED) is 0.782. The maximum Gasteiger partial charge on any atom is 0.183 e. The first kappa shape index (κ1) is 11.2. The third-order valence-electron chi connectivity index (χ3n) is 2.72. The van der Waals surface area contributed by atoms with Crippen molar-refractivity contribution >= 4 is 26.7 Å². The molecule has 5 heteroatoms. The number of nitrogens with zero attached hydrogens (tertiary/aromatic N) is 3. The summed E-state index contributed by atoms with van der Waals surface area (Å²) < 4.78 is 3.13. The first-order valence-electron chi connectivity index (χ1n) is 5.90. The van der Waals surface area contributed by atoms with Crippen molar-refractivity contribution < 1.29 is 0 Å². The Labute approximate surface area is 109 Å². The van der Waals surface area contributed by atoms with Crippen LogP contribution in [0.5, 0.6) is 0 Å². The summed E-state index contributed by atoms with van der Waals surface area (Å²) in [6, 6.07) is 8.29. The van der Waals surface area contributed by atoms with E-state index < -0.39 is 0 Å². The van der Waals surface area contributed by atoms with Gasteiger partial charge in [0.25, 0.3) is 0 Å². The Morgan fingerprint density at radius 3 is 3.17 bits per heavy atom. The second-order valence-electron chi connectivity index (χ2n) is 4.19. The third kappa shape index (κ3) is 2.36. The molecule has 0 saturated carbocycles. The van der Waals surface area contributed by atoms with Crippen LogP contribution in [0.3, 0.4) is 0 Å². The molecule has 0 unspecified atom stereocenters. The summed E-state index contributed by atoms with van der Waals surface area (Å²) in [6.45, 7) is 3.77. The highest BCUT2D eigenvalue weighted by Crippen LogP contribution is 2.26. The zero-order chi connectivity index (χ0) is 12.4. The molecule has 0 bridgehead atoms. The van der Waals surface area contributed by atoms with Gasteiger partial charge in [0.2, 0.25) is 0 Å². The van der Waals surface area contributed by atoms with Gasteiger partial charge in [-0.05, 0) is 30.7 Å². The molecule has 0 radical (unpaired) electrons. The second-order valence-corrected chi connectivity index (χ2v) is 5.22. The summed E-state index contributed by atoms with van der Waals surface area (Å²) in [5.74, 6) is 0. The van der Waals surface area contributed by atoms with Gasteiger partial charge in [-0.1, -0.05) is 17.4 Å². The lowest BCUT2D eigenvalue weighted by Crippen LogP contribution is -2.10. The van der Waals surface area contributed by atoms with Crippen LogP contribution >= 0.6 is 11.3 Å². The van der Waals surface area contributed by atoms with Crippen molar-refractivity contribution in [1.29, 1.82) is 0 Å². The SMILES string of the molecule is Cc1ccc2sc(NCCn3cccn3)nc2c1. The van der Waals surface area contributed by atoms with Gasteiger partial charge in [-0.15, -0.1) is 0 Å². The molecule has 1 aromatic carbocycles. The lowest BCUT2D eigenvalue weighted by atomic mass is 10.2. The van der Waals surface area contributed by atoms with E-state index in [0.717, 1.165) is 23.7 Å². The van der Waals surface area contributed by atoms with Crippen LogP contribution in [0, 0.1) is 6.92 Å². The average molecular weight is 258 g/mol. The van der Waals surface area contributed by atoms with E-state index in [1.807, 2.05) is 16.9 Å². The van der Waals surface area contributed by atoms with Crippen molar-refractivity contribution in [2.75, 3.05) is 11.9 Å². The molecule has 0 amide bonds. The van der Waals surface area contributed by atoms with E-state index >= 15 is 0 Å². The van der Waals surface area contributed by atoms with E-state index in [2.05, 4.69) is 40.5 Å². The van der Waals surface area contributed by atoms with Crippen LogP contribution in [0.25, 0.3) is 10.2 Å². The maximum absolute atomic E-state index is 4.57. The molecular weight excluding hydrogens is 244 g/mol. The van der Waals surface area contributed by atoms with E-state index in [1.54, 1.807) is 17.5 Å². The molecule has 3 rings (SSSR count). The minimum Gasteiger partial charge on any atom is -0.360 e. The number of aryl methyl sites for hydroxylation is 1. The van der Waals surface area contributed by atoms with Gasteiger partial charge in [0.1, 0.15) is 0 Å². The number of hydrogen-bond donors (Lipinski definition) is 1. The highest BCUT2D eigenvalue weighted by molar-refractivity contribution is 7.22. The van der Waals surface area contributed by atoms with Gasteiger partial charge in [0, 0.05) is 18.9 Å².